The number of Topliss-reactive ketones (excluding diaryl/α,β-unsaturated/α-hetero) is 2. The van der Waals surface area contributed by atoms with Gasteiger partial charge in [0.15, 0.2) is 11.6 Å². The molecule has 1 rings (SSSR count). The molecule has 0 radical (unpaired) electrons. The monoisotopic (exact) mass is 280 g/mol. The second-order valence-electron chi connectivity index (χ2n) is 7.16. The van der Waals surface area contributed by atoms with E-state index in [1.807, 2.05) is 0 Å². The summed E-state index contributed by atoms with van der Waals surface area (Å²) in [4.78, 5) is 26.0. The molecule has 1 aliphatic rings. The molecule has 0 atom stereocenters. The molecule has 0 aliphatic heterocycles. The van der Waals surface area contributed by atoms with Crippen LogP contribution in [-0.2, 0) is 9.59 Å². The minimum atomic E-state index is -1.66. The Hall–Kier alpha value is -0.746. The molecule has 0 saturated heterocycles. The second-order valence-corrected chi connectivity index (χ2v) is 17.7. The summed E-state index contributed by atoms with van der Waals surface area (Å²) in [5.74, 6) is -0.0327. The van der Waals surface area contributed by atoms with Crippen molar-refractivity contribution in [2.24, 2.45) is 0 Å². The summed E-state index contributed by atoms with van der Waals surface area (Å²) in [6.45, 7) is 16.9. The van der Waals surface area contributed by atoms with E-state index in [0.29, 0.717) is 16.7 Å². The van der Waals surface area contributed by atoms with Crippen molar-refractivity contribution >= 4 is 27.7 Å². The molecule has 0 unspecified atom stereocenters. The minimum Gasteiger partial charge on any atom is -0.289 e. The van der Waals surface area contributed by atoms with Gasteiger partial charge in [0.25, 0.3) is 0 Å². The molecule has 0 N–H and O–H groups in total. The number of carbonyl (C=O) groups is 2. The van der Waals surface area contributed by atoms with Crippen molar-refractivity contribution in [3.05, 3.63) is 21.5 Å². The summed E-state index contributed by atoms with van der Waals surface area (Å²) >= 11 is 0. The Morgan fingerprint density at radius 3 is 1.22 bits per heavy atom. The molecular formula is C14H24O2Si2. The van der Waals surface area contributed by atoms with E-state index in [-0.39, 0.29) is 11.6 Å². The molecule has 0 fully saturated rings. The van der Waals surface area contributed by atoms with Gasteiger partial charge in [0.05, 0.1) is 21.7 Å². The summed E-state index contributed by atoms with van der Waals surface area (Å²) < 4.78 is 0. The van der Waals surface area contributed by atoms with E-state index in [9.17, 15) is 9.59 Å². The van der Waals surface area contributed by atoms with Gasteiger partial charge in [-0.1, -0.05) is 44.1 Å². The quantitative estimate of drug-likeness (QED) is 0.440. The smallest absolute Gasteiger partial charge is 0.192 e. The van der Waals surface area contributed by atoms with Gasteiger partial charge in [0, 0.05) is 11.1 Å². The highest BCUT2D eigenvalue weighted by Crippen LogP contribution is 2.35. The lowest BCUT2D eigenvalue weighted by molar-refractivity contribution is -0.116. The third-order valence-corrected chi connectivity index (χ3v) is 11.4. The minimum absolute atomic E-state index is 0.0163. The number of ketones is 2. The molecule has 2 nitrogen and oxygen atoms in total. The molecule has 0 bridgehead atoms. The Kier molecular flexibility index (Phi) is 3.76. The molecule has 0 spiro atoms. The lowest BCUT2D eigenvalue weighted by Gasteiger charge is -2.32. The van der Waals surface area contributed by atoms with Crippen LogP contribution >= 0.6 is 0 Å². The molecule has 0 aromatic heterocycles. The first-order chi connectivity index (χ1) is 7.89. The number of rotatable bonds is 2. The molecule has 0 aromatic carbocycles. The molecule has 0 heterocycles. The van der Waals surface area contributed by atoms with E-state index < -0.39 is 16.1 Å². The molecule has 18 heavy (non-hydrogen) atoms. The molecule has 1 aliphatic carbocycles. The van der Waals surface area contributed by atoms with Gasteiger partial charge in [-0.2, -0.15) is 0 Å². The fraction of sp³-hybridized carbons (Fsp3) is 0.571. The predicted molar refractivity (Wildman–Crippen MR) is 82.1 cm³/mol. The summed E-state index contributed by atoms with van der Waals surface area (Å²) in [6, 6.07) is 0. The average Bonchev–Trinajstić information content (AvgIpc) is 2.31. The Morgan fingerprint density at radius 1 is 0.722 bits per heavy atom. The predicted octanol–water partition coefficient (Wildman–Crippen LogP) is 3.53. The van der Waals surface area contributed by atoms with E-state index >= 15 is 0 Å². The summed E-state index contributed by atoms with van der Waals surface area (Å²) in [6.07, 6.45) is 0. The SMILES string of the molecule is CC1=C(C)C(=O)C(=C([Si](C)(C)C)[Si](C)(C)C)C1=O. The van der Waals surface area contributed by atoms with Crippen molar-refractivity contribution < 1.29 is 9.59 Å². The van der Waals surface area contributed by atoms with Gasteiger partial charge in [-0.15, -0.1) is 0 Å². The van der Waals surface area contributed by atoms with Crippen molar-refractivity contribution in [1.82, 2.24) is 0 Å². The van der Waals surface area contributed by atoms with E-state index in [2.05, 4.69) is 39.3 Å². The fourth-order valence-corrected chi connectivity index (χ4v) is 13.9. The van der Waals surface area contributed by atoms with Gasteiger partial charge < -0.3 is 0 Å². The average molecular weight is 281 g/mol. The Balaban J connectivity index is 3.62. The lowest BCUT2D eigenvalue weighted by atomic mass is 10.2. The highest BCUT2D eigenvalue weighted by atomic mass is 28.4. The lowest BCUT2D eigenvalue weighted by Crippen LogP contribution is -2.42. The van der Waals surface area contributed by atoms with E-state index in [1.165, 1.54) is 4.82 Å². The number of allylic oxidation sites excluding steroid dienone is 3. The van der Waals surface area contributed by atoms with E-state index in [1.54, 1.807) is 13.8 Å². The Bertz CT molecular complexity index is 441. The van der Waals surface area contributed by atoms with Crippen LogP contribution in [0.1, 0.15) is 13.8 Å². The number of carbonyl (C=O) groups excluding carboxylic acids is 2. The largest absolute Gasteiger partial charge is 0.289 e. The maximum atomic E-state index is 12.4. The zero-order valence-electron chi connectivity index (χ0n) is 12.8. The zero-order valence-corrected chi connectivity index (χ0v) is 14.8. The van der Waals surface area contributed by atoms with Crippen LogP contribution in [0.4, 0.5) is 0 Å². The summed E-state index contributed by atoms with van der Waals surface area (Å²) in [5, 5.41) is 0. The van der Waals surface area contributed by atoms with Crippen molar-refractivity contribution in [3.8, 4) is 0 Å². The molecule has 100 valence electrons. The van der Waals surface area contributed by atoms with Crippen LogP contribution in [0.2, 0.25) is 39.3 Å². The van der Waals surface area contributed by atoms with Gasteiger partial charge in [0.1, 0.15) is 0 Å². The Morgan fingerprint density at radius 2 is 1.00 bits per heavy atom. The maximum Gasteiger partial charge on any atom is 0.192 e. The van der Waals surface area contributed by atoms with Crippen LogP contribution in [0.25, 0.3) is 0 Å². The first kappa shape index (κ1) is 15.3. The number of hydrogen-bond donors (Lipinski definition) is 0. The van der Waals surface area contributed by atoms with Crippen molar-refractivity contribution in [2.45, 2.75) is 53.1 Å². The third-order valence-electron chi connectivity index (χ3n) is 3.45. The maximum absolute atomic E-state index is 12.4. The van der Waals surface area contributed by atoms with E-state index in [0.717, 1.165) is 0 Å². The van der Waals surface area contributed by atoms with Crippen LogP contribution in [-0.4, -0.2) is 27.7 Å². The topological polar surface area (TPSA) is 34.1 Å². The number of hydrogen-bond acceptors (Lipinski definition) is 2. The van der Waals surface area contributed by atoms with Gasteiger partial charge in [-0.25, -0.2) is 0 Å². The van der Waals surface area contributed by atoms with Crippen LogP contribution in [0.3, 0.4) is 0 Å². The van der Waals surface area contributed by atoms with Crippen molar-refractivity contribution in [1.29, 1.82) is 0 Å². The molecule has 4 heteroatoms. The second kappa shape index (κ2) is 4.42. The van der Waals surface area contributed by atoms with Crippen molar-refractivity contribution in [3.63, 3.8) is 0 Å². The summed E-state index contributed by atoms with van der Waals surface area (Å²) in [5.41, 5.74) is 1.82. The fourth-order valence-electron chi connectivity index (χ4n) is 2.92. The summed E-state index contributed by atoms with van der Waals surface area (Å²) in [7, 11) is -3.31. The highest BCUT2D eigenvalue weighted by Gasteiger charge is 2.41. The van der Waals surface area contributed by atoms with Crippen molar-refractivity contribution in [2.75, 3.05) is 0 Å². The van der Waals surface area contributed by atoms with E-state index in [4.69, 9.17) is 0 Å². The first-order valence-corrected chi connectivity index (χ1v) is 13.4. The first-order valence-electron chi connectivity index (χ1n) is 6.41. The van der Waals surface area contributed by atoms with Gasteiger partial charge in [0.2, 0.25) is 0 Å². The normalized spacial score (nSPS) is 17.9. The standard InChI is InChI=1S/C14H24O2Si2/c1-9-10(2)13(16)11(12(9)15)14(17(3,4)5)18(6,7)8/h1-8H3. The van der Waals surface area contributed by atoms with Crippen LogP contribution in [0.5, 0.6) is 0 Å². The van der Waals surface area contributed by atoms with Gasteiger partial charge in [-0.3, -0.25) is 9.59 Å². The van der Waals surface area contributed by atoms with Crippen LogP contribution in [0, 0.1) is 0 Å². The molecule has 0 saturated carbocycles. The highest BCUT2D eigenvalue weighted by molar-refractivity contribution is 7.05. The molecule has 0 amide bonds. The van der Waals surface area contributed by atoms with Gasteiger partial charge >= 0.3 is 0 Å². The molecule has 0 aromatic rings. The van der Waals surface area contributed by atoms with Gasteiger partial charge in [-0.05, 0) is 13.8 Å². The molecular weight excluding hydrogens is 256 g/mol. The van der Waals surface area contributed by atoms with Crippen LogP contribution < -0.4 is 0 Å². The zero-order chi connectivity index (χ0) is 14.5. The van der Waals surface area contributed by atoms with Crippen LogP contribution in [0.15, 0.2) is 21.5 Å². The Labute approximate surface area is 112 Å². The third kappa shape index (κ3) is 2.49.